The van der Waals surface area contributed by atoms with Crippen molar-refractivity contribution in [2.24, 2.45) is 5.92 Å². The fourth-order valence-corrected chi connectivity index (χ4v) is 5.10. The van der Waals surface area contributed by atoms with Gasteiger partial charge in [0, 0.05) is 19.8 Å². The van der Waals surface area contributed by atoms with Gasteiger partial charge in [-0.2, -0.15) is 0 Å². The molecular formula is C30H24N2O13. The molecule has 1 saturated heterocycles. The van der Waals surface area contributed by atoms with E-state index in [0.29, 0.717) is 0 Å². The minimum atomic E-state index is -1.94. The van der Waals surface area contributed by atoms with E-state index in [-0.39, 0.29) is 23.2 Å². The van der Waals surface area contributed by atoms with Crippen molar-refractivity contribution >= 4 is 47.6 Å². The second kappa shape index (κ2) is 11.9. The average Bonchev–Trinajstić information content (AvgIpc) is 3.24. The maximum Gasteiger partial charge on any atom is 0.345 e. The molecule has 2 aliphatic rings. The third kappa shape index (κ3) is 5.78. The molecule has 2 atom stereocenters. The number of amides is 2. The SMILES string of the molecule is CN(C(=O)Cc1ccc(C(=O)O)c(C(=O)O)c1)C1=CC2C(=O)OC(=O)C2(N(C)C(=O)Cc2ccc(C(=O)O)c(C(=O)O)c2)C=C1. The van der Waals surface area contributed by atoms with Gasteiger partial charge in [-0.25, -0.2) is 24.0 Å². The summed E-state index contributed by atoms with van der Waals surface area (Å²) in [5, 5.41) is 37.2. The van der Waals surface area contributed by atoms with Crippen LogP contribution < -0.4 is 0 Å². The summed E-state index contributed by atoms with van der Waals surface area (Å²) < 4.78 is 4.86. The molecule has 15 nitrogen and oxygen atoms in total. The molecule has 1 fully saturated rings. The van der Waals surface area contributed by atoms with Gasteiger partial charge < -0.3 is 35.0 Å². The highest BCUT2D eigenvalue weighted by atomic mass is 16.6. The lowest BCUT2D eigenvalue weighted by Crippen LogP contribution is -2.57. The molecule has 1 heterocycles. The quantitative estimate of drug-likeness (QED) is 0.215. The van der Waals surface area contributed by atoms with E-state index >= 15 is 0 Å². The molecule has 1 aliphatic carbocycles. The van der Waals surface area contributed by atoms with Crippen LogP contribution in [-0.4, -0.2) is 97.5 Å². The van der Waals surface area contributed by atoms with Crippen molar-refractivity contribution in [1.29, 1.82) is 0 Å². The first-order chi connectivity index (χ1) is 21.1. The molecule has 0 bridgehead atoms. The Labute approximate surface area is 253 Å². The van der Waals surface area contributed by atoms with E-state index in [1.165, 1.54) is 44.5 Å². The lowest BCUT2D eigenvalue weighted by molar-refractivity contribution is -0.157. The Hall–Kier alpha value is -6.12. The molecule has 0 saturated carbocycles. The zero-order valence-corrected chi connectivity index (χ0v) is 23.5. The number of rotatable bonds is 10. The maximum absolute atomic E-state index is 13.3. The molecule has 232 valence electrons. The van der Waals surface area contributed by atoms with Gasteiger partial charge in [0.2, 0.25) is 11.8 Å². The zero-order chi connectivity index (χ0) is 33.4. The first-order valence-corrected chi connectivity index (χ1v) is 13.0. The van der Waals surface area contributed by atoms with Crippen molar-refractivity contribution in [2.45, 2.75) is 18.4 Å². The van der Waals surface area contributed by atoms with Gasteiger partial charge in [-0.05, 0) is 53.6 Å². The molecule has 0 spiro atoms. The van der Waals surface area contributed by atoms with Gasteiger partial charge in [-0.3, -0.25) is 14.4 Å². The minimum Gasteiger partial charge on any atom is -0.478 e. The Morgan fingerprint density at radius 2 is 1.20 bits per heavy atom. The summed E-state index contributed by atoms with van der Waals surface area (Å²) in [4.78, 5) is 99.9. The normalized spacial score (nSPS) is 18.4. The van der Waals surface area contributed by atoms with Crippen LogP contribution >= 0.6 is 0 Å². The highest BCUT2D eigenvalue weighted by Gasteiger charge is 2.60. The number of likely N-dealkylation sites (N-methyl/N-ethyl adjacent to an activating group) is 2. The first-order valence-electron chi connectivity index (χ1n) is 13.0. The van der Waals surface area contributed by atoms with E-state index in [2.05, 4.69) is 0 Å². The fraction of sp³-hybridized carbons (Fsp3) is 0.200. The number of aromatic carboxylic acids is 4. The van der Waals surface area contributed by atoms with Crippen LogP contribution in [0.25, 0.3) is 0 Å². The summed E-state index contributed by atoms with van der Waals surface area (Å²) in [6.45, 7) is 0. The largest absolute Gasteiger partial charge is 0.478 e. The van der Waals surface area contributed by atoms with Crippen LogP contribution in [0.5, 0.6) is 0 Å². The summed E-state index contributed by atoms with van der Waals surface area (Å²) in [6, 6.07) is 6.73. The molecule has 2 amide bonds. The third-order valence-electron chi connectivity index (χ3n) is 7.58. The Bertz CT molecular complexity index is 1770. The van der Waals surface area contributed by atoms with Gasteiger partial charge in [0.15, 0.2) is 5.54 Å². The average molecular weight is 621 g/mol. The van der Waals surface area contributed by atoms with Crippen LogP contribution in [-0.2, 0) is 36.8 Å². The van der Waals surface area contributed by atoms with Gasteiger partial charge in [-0.1, -0.05) is 12.1 Å². The molecule has 2 unspecified atom stereocenters. The number of carboxylic acid groups (broad SMARTS) is 4. The number of allylic oxidation sites excluding steroid dienone is 1. The number of fused-ring (bicyclic) bond motifs is 1. The number of benzene rings is 2. The van der Waals surface area contributed by atoms with Crippen molar-refractivity contribution in [3.8, 4) is 0 Å². The summed E-state index contributed by atoms with van der Waals surface area (Å²) >= 11 is 0. The number of hydrogen-bond donors (Lipinski definition) is 4. The van der Waals surface area contributed by atoms with Crippen LogP contribution in [0.1, 0.15) is 52.6 Å². The number of hydrogen-bond acceptors (Lipinski definition) is 9. The Balaban J connectivity index is 1.57. The summed E-state index contributed by atoms with van der Waals surface area (Å²) in [5.41, 5.74) is -3.46. The Morgan fingerprint density at radius 3 is 1.67 bits per heavy atom. The van der Waals surface area contributed by atoms with Gasteiger partial charge in [0.25, 0.3) is 0 Å². The highest BCUT2D eigenvalue weighted by Crippen LogP contribution is 2.40. The number of esters is 2. The van der Waals surface area contributed by atoms with Gasteiger partial charge >= 0.3 is 35.8 Å². The molecular weight excluding hydrogens is 596 g/mol. The van der Waals surface area contributed by atoms with Crippen LogP contribution in [0, 0.1) is 5.92 Å². The Kier molecular flexibility index (Phi) is 8.39. The standard InChI is InChI=1S/C30H24N2O13/c1-31(22(33)11-14-3-5-17(24(35)36)19(9-14)26(39)40)16-7-8-30(21(13-16)28(43)45-29(30)44)32(2)23(34)12-15-4-6-18(25(37)38)20(10-15)27(41)42/h3-10,13,21H,11-12H2,1-2H3,(H,35,36)(H,37,38)(H,39,40)(H,41,42). The van der Waals surface area contributed by atoms with Crippen molar-refractivity contribution in [3.63, 3.8) is 0 Å². The second-order valence-electron chi connectivity index (χ2n) is 10.2. The van der Waals surface area contributed by atoms with E-state index in [9.17, 15) is 58.8 Å². The molecule has 0 aromatic heterocycles. The molecule has 1 aliphatic heterocycles. The monoisotopic (exact) mass is 620 g/mol. The van der Waals surface area contributed by atoms with Gasteiger partial charge in [0.05, 0.1) is 35.1 Å². The highest BCUT2D eigenvalue weighted by molar-refractivity contribution is 6.07. The first kappa shape index (κ1) is 31.8. The van der Waals surface area contributed by atoms with Crippen LogP contribution in [0.3, 0.4) is 0 Å². The molecule has 45 heavy (non-hydrogen) atoms. The number of nitrogens with zero attached hydrogens (tertiary/aromatic N) is 2. The zero-order valence-electron chi connectivity index (χ0n) is 23.5. The topological polar surface area (TPSA) is 233 Å². The van der Waals surface area contributed by atoms with Crippen LogP contribution in [0.15, 0.2) is 60.3 Å². The molecule has 2 aromatic rings. The summed E-state index contributed by atoms with van der Waals surface area (Å²) in [7, 11) is 2.59. The molecule has 4 N–H and O–H groups in total. The van der Waals surface area contributed by atoms with Crippen molar-refractivity contribution in [1.82, 2.24) is 9.80 Å². The van der Waals surface area contributed by atoms with E-state index in [0.717, 1.165) is 34.1 Å². The number of carbonyl (C=O) groups excluding carboxylic acids is 4. The number of carboxylic acids is 4. The van der Waals surface area contributed by atoms with Gasteiger partial charge in [0.1, 0.15) is 5.92 Å². The van der Waals surface area contributed by atoms with Crippen molar-refractivity contribution < 1.29 is 63.5 Å². The molecule has 15 heteroatoms. The minimum absolute atomic E-state index is 0.128. The lowest BCUT2D eigenvalue weighted by Gasteiger charge is -2.38. The van der Waals surface area contributed by atoms with Crippen molar-refractivity contribution in [2.75, 3.05) is 14.1 Å². The number of carbonyl (C=O) groups is 8. The number of cyclic esters (lactones) is 2. The fourth-order valence-electron chi connectivity index (χ4n) is 5.10. The maximum atomic E-state index is 13.3. The lowest BCUT2D eigenvalue weighted by atomic mass is 9.80. The molecule has 2 aromatic carbocycles. The number of ether oxygens (including phenoxy) is 1. The Morgan fingerprint density at radius 1 is 0.733 bits per heavy atom. The summed E-state index contributed by atoms with van der Waals surface area (Å²) in [5.74, 6) is -10.7. The van der Waals surface area contributed by atoms with E-state index < -0.39 is 87.8 Å². The van der Waals surface area contributed by atoms with E-state index in [1.54, 1.807) is 0 Å². The van der Waals surface area contributed by atoms with Crippen LogP contribution in [0.4, 0.5) is 0 Å². The van der Waals surface area contributed by atoms with Gasteiger partial charge in [-0.15, -0.1) is 0 Å². The predicted molar refractivity (Wildman–Crippen MR) is 148 cm³/mol. The molecule has 4 rings (SSSR count). The third-order valence-corrected chi connectivity index (χ3v) is 7.58. The van der Waals surface area contributed by atoms with Crippen molar-refractivity contribution in [3.05, 3.63) is 93.7 Å². The van der Waals surface area contributed by atoms with E-state index in [1.807, 2.05) is 0 Å². The van der Waals surface area contributed by atoms with Crippen LogP contribution in [0.2, 0.25) is 0 Å². The molecule has 0 radical (unpaired) electrons. The predicted octanol–water partition coefficient (Wildman–Crippen LogP) is 1.07. The second-order valence-corrected chi connectivity index (χ2v) is 10.2. The summed E-state index contributed by atoms with van der Waals surface area (Å²) in [6.07, 6.45) is 2.99. The smallest absolute Gasteiger partial charge is 0.345 e. The van der Waals surface area contributed by atoms with E-state index in [4.69, 9.17) is 4.74 Å².